The minimum absolute atomic E-state index is 0.105. The van der Waals surface area contributed by atoms with Gasteiger partial charge in [0, 0.05) is 30.8 Å². The minimum atomic E-state index is -0.393. The van der Waals surface area contributed by atoms with Crippen LogP contribution in [-0.2, 0) is 0 Å². The van der Waals surface area contributed by atoms with E-state index >= 15 is 0 Å². The van der Waals surface area contributed by atoms with Crippen LogP contribution in [0.5, 0.6) is 0 Å². The standard InChI is InChI=1S/C13H16N2O2S/c1-10-3-2-8-14(9-10)13(18)11-4-6-12(7-5-11)15(16)17/h4-7,10H,2-3,8-9H2,1H3/t10-/m1/s1. The van der Waals surface area contributed by atoms with Crippen molar-refractivity contribution < 1.29 is 4.92 Å². The van der Waals surface area contributed by atoms with Gasteiger partial charge in [-0.15, -0.1) is 0 Å². The van der Waals surface area contributed by atoms with E-state index in [2.05, 4.69) is 11.8 Å². The van der Waals surface area contributed by atoms with Crippen LogP contribution in [-0.4, -0.2) is 27.9 Å². The zero-order chi connectivity index (χ0) is 13.1. The molecule has 0 unspecified atom stereocenters. The van der Waals surface area contributed by atoms with Gasteiger partial charge in [-0.2, -0.15) is 0 Å². The van der Waals surface area contributed by atoms with Crippen molar-refractivity contribution in [1.82, 2.24) is 4.90 Å². The third-order valence-electron chi connectivity index (χ3n) is 3.27. The van der Waals surface area contributed by atoms with Crippen molar-refractivity contribution in [3.63, 3.8) is 0 Å². The van der Waals surface area contributed by atoms with Crippen molar-refractivity contribution in [2.24, 2.45) is 5.92 Å². The van der Waals surface area contributed by atoms with Crippen LogP contribution in [0.2, 0.25) is 0 Å². The van der Waals surface area contributed by atoms with E-state index in [-0.39, 0.29) is 5.69 Å². The van der Waals surface area contributed by atoms with Gasteiger partial charge in [0.15, 0.2) is 0 Å². The molecule has 0 bridgehead atoms. The molecule has 0 N–H and O–H groups in total. The second-order valence-corrected chi connectivity index (χ2v) is 5.19. The number of nitro groups is 1. The molecular formula is C13H16N2O2S. The molecule has 0 aromatic heterocycles. The third kappa shape index (κ3) is 2.85. The fourth-order valence-electron chi connectivity index (χ4n) is 2.28. The molecule has 1 heterocycles. The first-order valence-electron chi connectivity index (χ1n) is 6.11. The lowest BCUT2D eigenvalue weighted by Gasteiger charge is -2.33. The number of likely N-dealkylation sites (tertiary alicyclic amines) is 1. The summed E-state index contributed by atoms with van der Waals surface area (Å²) < 4.78 is 0. The van der Waals surface area contributed by atoms with E-state index < -0.39 is 4.92 Å². The van der Waals surface area contributed by atoms with Gasteiger partial charge >= 0.3 is 0 Å². The molecule has 0 spiro atoms. The highest BCUT2D eigenvalue weighted by molar-refractivity contribution is 7.80. The van der Waals surface area contributed by atoms with Crippen molar-refractivity contribution >= 4 is 22.9 Å². The van der Waals surface area contributed by atoms with Crippen LogP contribution in [0.15, 0.2) is 24.3 Å². The molecule has 0 radical (unpaired) electrons. The molecule has 96 valence electrons. The Balaban J connectivity index is 2.10. The summed E-state index contributed by atoms with van der Waals surface area (Å²) in [4.78, 5) is 13.2. The second kappa shape index (κ2) is 5.44. The molecular weight excluding hydrogens is 248 g/mol. The maximum Gasteiger partial charge on any atom is 0.269 e. The smallest absolute Gasteiger partial charge is 0.269 e. The van der Waals surface area contributed by atoms with E-state index in [1.165, 1.54) is 18.6 Å². The summed E-state index contributed by atoms with van der Waals surface area (Å²) in [7, 11) is 0. The minimum Gasteiger partial charge on any atom is -0.362 e. The predicted molar refractivity (Wildman–Crippen MR) is 74.8 cm³/mol. The van der Waals surface area contributed by atoms with Gasteiger partial charge in [0.1, 0.15) is 4.99 Å². The summed E-state index contributed by atoms with van der Waals surface area (Å²) in [5.41, 5.74) is 0.998. The first-order valence-corrected chi connectivity index (χ1v) is 6.52. The Bertz CT molecular complexity index is 459. The quantitative estimate of drug-likeness (QED) is 0.468. The van der Waals surface area contributed by atoms with Gasteiger partial charge in [0.25, 0.3) is 5.69 Å². The fourth-order valence-corrected chi connectivity index (χ4v) is 2.58. The average Bonchev–Trinajstić information content (AvgIpc) is 2.38. The third-order valence-corrected chi connectivity index (χ3v) is 3.76. The van der Waals surface area contributed by atoms with E-state index in [1.807, 2.05) is 0 Å². The number of hydrogen-bond acceptors (Lipinski definition) is 3. The zero-order valence-corrected chi connectivity index (χ0v) is 11.2. The number of piperidine rings is 1. The van der Waals surface area contributed by atoms with Crippen molar-refractivity contribution in [2.75, 3.05) is 13.1 Å². The van der Waals surface area contributed by atoms with Gasteiger partial charge in [-0.05, 0) is 30.9 Å². The van der Waals surface area contributed by atoms with E-state index in [0.29, 0.717) is 5.92 Å². The molecule has 1 aromatic rings. The van der Waals surface area contributed by atoms with Gasteiger partial charge in [0.2, 0.25) is 0 Å². The second-order valence-electron chi connectivity index (χ2n) is 4.80. The predicted octanol–water partition coefficient (Wildman–Crippen LogP) is 3.00. The fraction of sp³-hybridized carbons (Fsp3) is 0.462. The molecule has 1 fully saturated rings. The summed E-state index contributed by atoms with van der Waals surface area (Å²) in [6, 6.07) is 6.49. The van der Waals surface area contributed by atoms with Crippen molar-refractivity contribution in [1.29, 1.82) is 0 Å². The number of benzene rings is 1. The highest BCUT2D eigenvalue weighted by atomic mass is 32.1. The van der Waals surface area contributed by atoms with Gasteiger partial charge in [-0.25, -0.2) is 0 Å². The van der Waals surface area contributed by atoms with Gasteiger partial charge in [-0.3, -0.25) is 10.1 Å². The highest BCUT2D eigenvalue weighted by Gasteiger charge is 2.19. The molecule has 1 saturated heterocycles. The summed E-state index contributed by atoms with van der Waals surface area (Å²) in [6.45, 7) is 4.20. The first-order chi connectivity index (χ1) is 8.58. The number of nitrogens with zero attached hydrogens (tertiary/aromatic N) is 2. The molecule has 4 nitrogen and oxygen atoms in total. The summed E-state index contributed by atoms with van der Waals surface area (Å²) in [5.74, 6) is 0.662. The largest absolute Gasteiger partial charge is 0.362 e. The maximum absolute atomic E-state index is 10.6. The van der Waals surface area contributed by atoms with Crippen LogP contribution in [0, 0.1) is 16.0 Å². The van der Waals surface area contributed by atoms with E-state index in [9.17, 15) is 10.1 Å². The molecule has 2 rings (SSSR count). The number of non-ortho nitro benzene ring substituents is 1. The Morgan fingerprint density at radius 2 is 2.11 bits per heavy atom. The Labute approximate surface area is 112 Å². The topological polar surface area (TPSA) is 46.4 Å². The summed E-state index contributed by atoms with van der Waals surface area (Å²) in [6.07, 6.45) is 2.41. The van der Waals surface area contributed by atoms with Gasteiger partial charge in [-0.1, -0.05) is 19.1 Å². The molecule has 1 atom stereocenters. The summed E-state index contributed by atoms with van der Waals surface area (Å²) in [5, 5.41) is 10.6. The molecule has 0 amide bonds. The molecule has 1 aliphatic heterocycles. The van der Waals surface area contributed by atoms with E-state index in [1.54, 1.807) is 12.1 Å². The zero-order valence-electron chi connectivity index (χ0n) is 10.3. The van der Waals surface area contributed by atoms with Crippen LogP contribution in [0.1, 0.15) is 25.3 Å². The number of hydrogen-bond donors (Lipinski definition) is 0. The van der Waals surface area contributed by atoms with Gasteiger partial charge in [0.05, 0.1) is 4.92 Å². The maximum atomic E-state index is 10.6. The van der Waals surface area contributed by atoms with Crippen molar-refractivity contribution in [3.05, 3.63) is 39.9 Å². The Kier molecular flexibility index (Phi) is 3.91. The average molecular weight is 264 g/mol. The van der Waals surface area contributed by atoms with E-state index in [4.69, 9.17) is 12.2 Å². The van der Waals surface area contributed by atoms with Gasteiger partial charge < -0.3 is 4.90 Å². The normalized spacial score (nSPS) is 19.6. The monoisotopic (exact) mass is 264 g/mol. The molecule has 18 heavy (non-hydrogen) atoms. The summed E-state index contributed by atoms with van der Waals surface area (Å²) >= 11 is 5.46. The lowest BCUT2D eigenvalue weighted by atomic mass is 10.00. The van der Waals surface area contributed by atoms with Crippen LogP contribution in [0.4, 0.5) is 5.69 Å². The van der Waals surface area contributed by atoms with Crippen molar-refractivity contribution in [2.45, 2.75) is 19.8 Å². The molecule has 0 aliphatic carbocycles. The van der Waals surface area contributed by atoms with Crippen LogP contribution in [0.3, 0.4) is 0 Å². The lowest BCUT2D eigenvalue weighted by molar-refractivity contribution is -0.384. The molecule has 1 aromatic carbocycles. The van der Waals surface area contributed by atoms with E-state index in [0.717, 1.165) is 30.1 Å². The Morgan fingerprint density at radius 1 is 1.44 bits per heavy atom. The Morgan fingerprint density at radius 3 is 2.67 bits per heavy atom. The molecule has 5 heteroatoms. The number of rotatable bonds is 2. The first kappa shape index (κ1) is 13.0. The Hall–Kier alpha value is -1.49. The van der Waals surface area contributed by atoms with Crippen LogP contribution in [0.25, 0.3) is 0 Å². The van der Waals surface area contributed by atoms with Crippen molar-refractivity contribution in [3.8, 4) is 0 Å². The van der Waals surface area contributed by atoms with Crippen LogP contribution < -0.4 is 0 Å². The number of thiocarbonyl (C=S) groups is 1. The SMILES string of the molecule is C[C@@H]1CCCN(C(=S)c2ccc([N+](=O)[O-])cc2)C1. The number of nitro benzene ring substituents is 1. The molecule has 0 saturated carbocycles. The lowest BCUT2D eigenvalue weighted by Crippen LogP contribution is -2.38. The molecule has 1 aliphatic rings. The van der Waals surface area contributed by atoms with Crippen LogP contribution >= 0.6 is 12.2 Å². The highest BCUT2D eigenvalue weighted by Crippen LogP contribution is 2.20.